The van der Waals surface area contributed by atoms with Crippen molar-refractivity contribution in [2.24, 2.45) is 21.8 Å². The number of quaternary nitrogens is 1. The lowest BCUT2D eigenvalue weighted by atomic mass is 9.73. The smallest absolute Gasteiger partial charge is 0.308 e. The number of rotatable bonds is 6. The summed E-state index contributed by atoms with van der Waals surface area (Å²) < 4.78 is 10.9. The number of esters is 1. The van der Waals surface area contributed by atoms with Crippen molar-refractivity contribution in [3.8, 4) is 5.75 Å². The molecule has 2 heterocycles. The third-order valence-electron chi connectivity index (χ3n) is 6.00. The number of aliphatic imine (C=N–C) groups is 2. The van der Waals surface area contributed by atoms with Crippen LogP contribution >= 0.6 is 0 Å². The van der Waals surface area contributed by atoms with Crippen molar-refractivity contribution in [2.75, 3.05) is 7.11 Å². The van der Waals surface area contributed by atoms with Gasteiger partial charge < -0.3 is 21.9 Å². The fraction of sp³-hybridized carbons (Fsp3) is 0.240. The molecular formula is C25H24ClN3O3. The zero-order valence-electron chi connectivity index (χ0n) is 17.7. The lowest BCUT2D eigenvalue weighted by Gasteiger charge is -2.32. The van der Waals surface area contributed by atoms with Crippen LogP contribution in [0.15, 0.2) is 88.4 Å². The number of carbonyl (C=O) groups is 1. The molecular weight excluding hydrogens is 426 g/mol. The quantitative estimate of drug-likeness (QED) is 0.625. The summed E-state index contributed by atoms with van der Waals surface area (Å²) in [7, 11) is 1.45. The molecule has 1 unspecified atom stereocenters. The van der Waals surface area contributed by atoms with E-state index in [-0.39, 0.29) is 30.2 Å². The van der Waals surface area contributed by atoms with Crippen LogP contribution in [0.25, 0.3) is 0 Å². The Bertz CT molecular complexity index is 1120. The summed E-state index contributed by atoms with van der Waals surface area (Å²) in [6.45, 7) is 0.519. The van der Waals surface area contributed by atoms with Gasteiger partial charge in [0.2, 0.25) is 5.84 Å². The van der Waals surface area contributed by atoms with Gasteiger partial charge in [-0.3, -0.25) is 9.79 Å². The van der Waals surface area contributed by atoms with Crippen molar-refractivity contribution in [3.63, 3.8) is 0 Å². The number of hydrogen-bond donors (Lipinski definition) is 1. The second-order valence-electron chi connectivity index (χ2n) is 7.96. The average molecular weight is 450 g/mol. The van der Waals surface area contributed by atoms with Crippen molar-refractivity contribution in [3.05, 3.63) is 89.5 Å². The lowest BCUT2D eigenvalue weighted by Crippen LogP contribution is -3.08. The molecule has 6 nitrogen and oxygen atoms in total. The number of fused-ring (bicyclic) bond motifs is 1. The van der Waals surface area contributed by atoms with Gasteiger partial charge in [0, 0.05) is 5.92 Å². The number of ether oxygens (including phenoxy) is 2. The molecule has 0 amide bonds. The van der Waals surface area contributed by atoms with Gasteiger partial charge in [0.1, 0.15) is 24.3 Å². The molecule has 2 aromatic rings. The first-order valence-corrected chi connectivity index (χ1v) is 10.5. The SMILES string of the molecule is COC(=O)C1CC(C2=C3C=NC=C[NH+]3C(c3cccc(OCc4ccccc4)c3)=N2)C1.[Cl-]. The largest absolute Gasteiger partial charge is 1.00 e. The second kappa shape index (κ2) is 9.51. The Labute approximate surface area is 193 Å². The number of halogens is 1. The molecule has 1 fully saturated rings. The third-order valence-corrected chi connectivity index (χ3v) is 6.00. The van der Waals surface area contributed by atoms with Crippen molar-refractivity contribution in [2.45, 2.75) is 19.4 Å². The Morgan fingerprint density at radius 3 is 2.72 bits per heavy atom. The highest BCUT2D eigenvalue weighted by Gasteiger charge is 2.44. The summed E-state index contributed by atoms with van der Waals surface area (Å²) in [5.41, 5.74) is 4.22. The van der Waals surface area contributed by atoms with Gasteiger partial charge >= 0.3 is 5.97 Å². The summed E-state index contributed by atoms with van der Waals surface area (Å²) in [5, 5.41) is 0. The van der Waals surface area contributed by atoms with Crippen molar-refractivity contribution >= 4 is 18.0 Å². The summed E-state index contributed by atoms with van der Waals surface area (Å²) >= 11 is 0. The first-order chi connectivity index (χ1) is 15.2. The summed E-state index contributed by atoms with van der Waals surface area (Å²) in [4.78, 5) is 22.2. The first-order valence-electron chi connectivity index (χ1n) is 10.5. The molecule has 3 aliphatic rings. The Balaban J connectivity index is 0.00000245. The van der Waals surface area contributed by atoms with E-state index in [1.54, 1.807) is 6.20 Å². The number of hydrogen-bond acceptors (Lipinski definition) is 5. The van der Waals surface area contributed by atoms with Crippen LogP contribution in [0, 0.1) is 11.8 Å². The van der Waals surface area contributed by atoms with Gasteiger partial charge in [-0.15, -0.1) is 0 Å². The van der Waals surface area contributed by atoms with E-state index in [0.29, 0.717) is 6.61 Å². The average Bonchev–Trinajstić information content (AvgIpc) is 3.17. The second-order valence-corrected chi connectivity index (χ2v) is 7.96. The van der Waals surface area contributed by atoms with E-state index >= 15 is 0 Å². The molecule has 7 heteroatoms. The predicted octanol–water partition coefficient (Wildman–Crippen LogP) is -0.119. The molecule has 0 radical (unpaired) electrons. The Kier molecular flexibility index (Phi) is 6.53. The molecule has 32 heavy (non-hydrogen) atoms. The monoisotopic (exact) mass is 449 g/mol. The molecule has 164 valence electrons. The maximum Gasteiger partial charge on any atom is 0.308 e. The fourth-order valence-corrected chi connectivity index (χ4v) is 4.25. The van der Waals surface area contributed by atoms with Crippen LogP contribution in [0.1, 0.15) is 24.0 Å². The Hall–Kier alpha value is -3.22. The Morgan fingerprint density at radius 2 is 1.94 bits per heavy atom. The topological polar surface area (TPSA) is 64.7 Å². The minimum absolute atomic E-state index is 0. The van der Waals surface area contributed by atoms with Gasteiger partial charge in [-0.2, -0.15) is 4.99 Å². The van der Waals surface area contributed by atoms with Crippen molar-refractivity contribution in [1.29, 1.82) is 0 Å². The molecule has 1 atom stereocenters. The molecule has 1 saturated carbocycles. The van der Waals surface area contributed by atoms with Gasteiger partial charge in [0.25, 0.3) is 0 Å². The number of nitrogens with one attached hydrogen (secondary N) is 1. The highest BCUT2D eigenvalue weighted by molar-refractivity contribution is 5.98. The van der Waals surface area contributed by atoms with Crippen LogP contribution in [0.3, 0.4) is 0 Å². The molecule has 1 N–H and O–H groups in total. The minimum Gasteiger partial charge on any atom is -1.00 e. The lowest BCUT2D eigenvalue weighted by molar-refractivity contribution is -0.689. The molecule has 2 aliphatic heterocycles. The van der Waals surface area contributed by atoms with Gasteiger partial charge in [-0.25, -0.2) is 4.90 Å². The number of methoxy groups -OCH3 is 1. The summed E-state index contributed by atoms with van der Waals surface area (Å²) in [6, 6.07) is 18.2. The normalized spacial score (nSPS) is 23.0. The number of allylic oxidation sites excluding steroid dienone is 2. The maximum absolute atomic E-state index is 11.8. The Morgan fingerprint density at radius 1 is 1.12 bits per heavy atom. The zero-order valence-corrected chi connectivity index (χ0v) is 18.5. The summed E-state index contributed by atoms with van der Waals surface area (Å²) in [6.07, 6.45) is 7.23. The van der Waals surface area contributed by atoms with Crippen LogP contribution < -0.4 is 22.0 Å². The van der Waals surface area contributed by atoms with Crippen LogP contribution in [0.5, 0.6) is 5.75 Å². The van der Waals surface area contributed by atoms with Gasteiger partial charge in [0.15, 0.2) is 5.70 Å². The first kappa shape index (κ1) is 22.0. The fourth-order valence-electron chi connectivity index (χ4n) is 4.25. The number of carbonyl (C=O) groups excluding carboxylic acids is 1. The van der Waals surface area contributed by atoms with Crippen LogP contribution in [-0.2, 0) is 16.1 Å². The minimum atomic E-state index is -0.131. The molecule has 0 bridgehead atoms. The molecule has 0 saturated heterocycles. The van der Waals surface area contributed by atoms with Crippen LogP contribution in [0.2, 0.25) is 0 Å². The van der Waals surface area contributed by atoms with Crippen LogP contribution in [-0.4, -0.2) is 25.1 Å². The molecule has 1 aliphatic carbocycles. The van der Waals surface area contributed by atoms with E-state index in [0.717, 1.165) is 51.8 Å². The molecule has 0 spiro atoms. The van der Waals surface area contributed by atoms with E-state index in [1.807, 2.05) is 48.8 Å². The standard InChI is InChI=1S/C25H23N3O3.ClH/c1-30-25(29)20-12-19(13-20)23-22-15-26-10-11-28(22)24(27-23)18-8-5-9-21(14-18)31-16-17-6-3-2-4-7-17;/h2-11,14-15,19-20H,12-13,16H2,1H3;1H. The van der Waals surface area contributed by atoms with Crippen molar-refractivity contribution < 1.29 is 31.6 Å². The van der Waals surface area contributed by atoms with Gasteiger partial charge in [-0.1, -0.05) is 36.4 Å². The summed E-state index contributed by atoms with van der Waals surface area (Å²) in [5.74, 6) is 1.83. The predicted molar refractivity (Wildman–Crippen MR) is 118 cm³/mol. The van der Waals surface area contributed by atoms with Crippen LogP contribution in [0.4, 0.5) is 0 Å². The van der Waals surface area contributed by atoms with Gasteiger partial charge in [-0.05, 0) is 36.6 Å². The number of amidine groups is 1. The van der Waals surface area contributed by atoms with E-state index in [1.165, 1.54) is 7.11 Å². The third kappa shape index (κ3) is 4.24. The number of nitrogens with zero attached hydrogens (tertiary/aromatic N) is 2. The highest BCUT2D eigenvalue weighted by Crippen LogP contribution is 2.41. The highest BCUT2D eigenvalue weighted by atomic mass is 35.5. The molecule has 5 rings (SSSR count). The maximum atomic E-state index is 11.8. The molecule has 0 aromatic heterocycles. The van der Waals surface area contributed by atoms with E-state index in [9.17, 15) is 4.79 Å². The van der Waals surface area contributed by atoms with E-state index in [2.05, 4.69) is 23.2 Å². The van der Waals surface area contributed by atoms with Gasteiger partial charge in [0.05, 0.1) is 31.0 Å². The van der Waals surface area contributed by atoms with Crippen molar-refractivity contribution in [1.82, 2.24) is 0 Å². The molecule has 2 aromatic carbocycles. The van der Waals surface area contributed by atoms with E-state index < -0.39 is 0 Å². The zero-order chi connectivity index (χ0) is 21.2. The number of benzene rings is 2. The van der Waals surface area contributed by atoms with E-state index in [4.69, 9.17) is 14.5 Å².